The molecular formula is C21H27F2N3O3. The molecule has 158 valence electrons. The summed E-state index contributed by atoms with van der Waals surface area (Å²) in [5.41, 5.74) is -2.13. The standard InChI is InChI=1S/C21H27F2N3O3/c1-20(2,3)29-19(28)26-9-12-13(10-26)15(12)18(27)25-21(4,5)17(24)11-7-6-8-14(22)16(11)23/h6-8,12-13,15,24H,9-10H2,1-5H3,(H,25,27)/t12-,13+,15?. The Hall–Kier alpha value is -2.51. The molecule has 1 saturated heterocycles. The number of likely N-dealkylation sites (tertiary alicyclic amines) is 1. The van der Waals surface area contributed by atoms with Crippen molar-refractivity contribution in [1.82, 2.24) is 10.2 Å². The molecule has 0 aromatic heterocycles. The Balaban J connectivity index is 1.59. The zero-order chi connectivity index (χ0) is 21.7. The third-order valence-electron chi connectivity index (χ3n) is 5.43. The van der Waals surface area contributed by atoms with Crippen molar-refractivity contribution in [3.05, 3.63) is 35.4 Å². The Bertz CT molecular complexity index is 851. The van der Waals surface area contributed by atoms with E-state index in [0.717, 1.165) is 6.07 Å². The number of nitrogens with one attached hydrogen (secondary N) is 2. The molecule has 8 heteroatoms. The van der Waals surface area contributed by atoms with Crippen molar-refractivity contribution in [2.24, 2.45) is 17.8 Å². The molecule has 2 N–H and O–H groups in total. The van der Waals surface area contributed by atoms with Crippen molar-refractivity contribution in [3.8, 4) is 0 Å². The number of carbonyl (C=O) groups excluding carboxylic acids is 2. The zero-order valence-electron chi connectivity index (χ0n) is 17.3. The van der Waals surface area contributed by atoms with E-state index in [4.69, 9.17) is 10.1 Å². The van der Waals surface area contributed by atoms with E-state index in [1.54, 1.807) is 39.5 Å². The minimum Gasteiger partial charge on any atom is -0.444 e. The van der Waals surface area contributed by atoms with E-state index in [1.165, 1.54) is 12.1 Å². The Morgan fingerprint density at radius 2 is 1.72 bits per heavy atom. The second-order valence-electron chi connectivity index (χ2n) is 9.33. The van der Waals surface area contributed by atoms with Crippen LogP contribution in [0.25, 0.3) is 0 Å². The van der Waals surface area contributed by atoms with Crippen LogP contribution in [0, 0.1) is 34.8 Å². The number of rotatable bonds is 4. The molecule has 3 atom stereocenters. The summed E-state index contributed by atoms with van der Waals surface area (Å²) < 4.78 is 32.9. The molecule has 1 unspecified atom stereocenters. The van der Waals surface area contributed by atoms with Crippen LogP contribution in [0.2, 0.25) is 0 Å². The molecule has 1 aliphatic carbocycles. The van der Waals surface area contributed by atoms with Crippen molar-refractivity contribution in [2.45, 2.75) is 45.8 Å². The smallest absolute Gasteiger partial charge is 0.410 e. The van der Waals surface area contributed by atoms with Crippen LogP contribution >= 0.6 is 0 Å². The van der Waals surface area contributed by atoms with Gasteiger partial charge in [-0.3, -0.25) is 4.79 Å². The van der Waals surface area contributed by atoms with Crippen molar-refractivity contribution in [2.75, 3.05) is 13.1 Å². The lowest BCUT2D eigenvalue weighted by Crippen LogP contribution is -2.51. The number of piperidine rings is 1. The molecule has 1 saturated carbocycles. The molecule has 6 nitrogen and oxygen atoms in total. The van der Waals surface area contributed by atoms with Crippen LogP contribution in [0.1, 0.15) is 40.2 Å². The lowest BCUT2D eigenvalue weighted by Gasteiger charge is -2.29. The van der Waals surface area contributed by atoms with Gasteiger partial charge in [0.05, 0.1) is 11.3 Å². The number of halogens is 2. The quantitative estimate of drug-likeness (QED) is 0.751. The van der Waals surface area contributed by atoms with E-state index in [-0.39, 0.29) is 41.0 Å². The fraction of sp³-hybridized carbons (Fsp3) is 0.571. The highest BCUT2D eigenvalue weighted by Gasteiger charge is 2.61. The fourth-order valence-corrected chi connectivity index (χ4v) is 3.88. The van der Waals surface area contributed by atoms with Gasteiger partial charge < -0.3 is 20.4 Å². The van der Waals surface area contributed by atoms with Gasteiger partial charge in [0.15, 0.2) is 11.6 Å². The van der Waals surface area contributed by atoms with E-state index in [1.807, 2.05) is 0 Å². The summed E-state index contributed by atoms with van der Waals surface area (Å²) in [6.07, 6.45) is -0.382. The van der Waals surface area contributed by atoms with E-state index < -0.39 is 22.8 Å². The molecule has 0 spiro atoms. The molecule has 3 rings (SSSR count). The molecule has 29 heavy (non-hydrogen) atoms. The summed E-state index contributed by atoms with van der Waals surface area (Å²) in [6, 6.07) is 3.63. The largest absolute Gasteiger partial charge is 0.444 e. The van der Waals surface area contributed by atoms with Gasteiger partial charge in [-0.05, 0) is 58.6 Å². The summed E-state index contributed by atoms with van der Waals surface area (Å²) in [5, 5.41) is 11.1. The number of benzene rings is 1. The van der Waals surface area contributed by atoms with Crippen molar-refractivity contribution < 1.29 is 23.1 Å². The van der Waals surface area contributed by atoms with Crippen molar-refractivity contribution in [1.29, 1.82) is 5.41 Å². The first kappa shape index (κ1) is 21.2. The average molecular weight is 407 g/mol. The monoisotopic (exact) mass is 407 g/mol. The van der Waals surface area contributed by atoms with Crippen LogP contribution < -0.4 is 5.32 Å². The molecule has 1 heterocycles. The fourth-order valence-electron chi connectivity index (χ4n) is 3.88. The van der Waals surface area contributed by atoms with E-state index in [0.29, 0.717) is 13.1 Å². The second-order valence-corrected chi connectivity index (χ2v) is 9.33. The van der Waals surface area contributed by atoms with Crippen LogP contribution in [0.3, 0.4) is 0 Å². The highest BCUT2D eigenvalue weighted by molar-refractivity contribution is 6.06. The SMILES string of the molecule is CC(C)(C)OC(=O)N1C[C@@H]2C(C(=O)NC(C)(C)C(=N)c3cccc(F)c3F)[C@@H]2C1. The lowest BCUT2D eigenvalue weighted by atomic mass is 9.91. The molecule has 0 bridgehead atoms. The van der Waals surface area contributed by atoms with Gasteiger partial charge >= 0.3 is 6.09 Å². The second kappa shape index (κ2) is 7.07. The van der Waals surface area contributed by atoms with Gasteiger partial charge in [-0.2, -0.15) is 0 Å². The number of carbonyl (C=O) groups is 2. The molecule has 1 aromatic rings. The molecule has 2 fully saturated rings. The average Bonchev–Trinajstić information content (AvgIpc) is 3.09. The van der Waals surface area contributed by atoms with Gasteiger partial charge in [-0.1, -0.05) is 6.07 Å². The molecule has 1 aliphatic heterocycles. The number of ether oxygens (including phenoxy) is 1. The molecular weight excluding hydrogens is 380 g/mol. The zero-order valence-corrected chi connectivity index (χ0v) is 17.3. The Labute approximate surface area is 169 Å². The van der Waals surface area contributed by atoms with Gasteiger partial charge in [0.1, 0.15) is 5.60 Å². The first-order valence-corrected chi connectivity index (χ1v) is 9.65. The lowest BCUT2D eigenvalue weighted by molar-refractivity contribution is -0.124. The minimum atomic E-state index is -1.17. The number of fused-ring (bicyclic) bond motifs is 1. The van der Waals surface area contributed by atoms with Gasteiger partial charge in [0, 0.05) is 24.6 Å². The Morgan fingerprint density at radius 3 is 2.28 bits per heavy atom. The maximum absolute atomic E-state index is 14.0. The van der Waals surface area contributed by atoms with Gasteiger partial charge in [-0.25, -0.2) is 13.6 Å². The number of hydrogen-bond acceptors (Lipinski definition) is 4. The van der Waals surface area contributed by atoms with Crippen LogP contribution in [0.5, 0.6) is 0 Å². The predicted molar refractivity (Wildman–Crippen MR) is 104 cm³/mol. The van der Waals surface area contributed by atoms with Crippen molar-refractivity contribution in [3.63, 3.8) is 0 Å². The summed E-state index contributed by atoms with van der Waals surface area (Å²) in [6.45, 7) is 9.48. The van der Waals surface area contributed by atoms with E-state index in [9.17, 15) is 18.4 Å². The number of hydrogen-bond donors (Lipinski definition) is 2. The van der Waals surface area contributed by atoms with Crippen LogP contribution in [0.4, 0.5) is 13.6 Å². The highest BCUT2D eigenvalue weighted by Crippen LogP contribution is 2.52. The Kier molecular flexibility index (Phi) is 5.17. The highest BCUT2D eigenvalue weighted by atomic mass is 19.2. The molecule has 2 amide bonds. The van der Waals surface area contributed by atoms with Gasteiger partial charge in [0.25, 0.3) is 0 Å². The van der Waals surface area contributed by atoms with Gasteiger partial charge in [0.2, 0.25) is 5.91 Å². The third-order valence-corrected chi connectivity index (χ3v) is 5.43. The maximum Gasteiger partial charge on any atom is 0.410 e. The molecule has 1 aromatic carbocycles. The van der Waals surface area contributed by atoms with E-state index in [2.05, 4.69) is 5.32 Å². The van der Waals surface area contributed by atoms with Gasteiger partial charge in [-0.15, -0.1) is 0 Å². The first-order chi connectivity index (χ1) is 13.3. The third kappa shape index (κ3) is 4.26. The summed E-state index contributed by atoms with van der Waals surface area (Å²) in [7, 11) is 0. The molecule has 0 radical (unpaired) electrons. The first-order valence-electron chi connectivity index (χ1n) is 9.65. The normalized spacial score (nSPS) is 23.4. The predicted octanol–water partition coefficient (Wildman–Crippen LogP) is 3.34. The molecule has 2 aliphatic rings. The Morgan fingerprint density at radius 1 is 1.14 bits per heavy atom. The van der Waals surface area contributed by atoms with Crippen LogP contribution in [-0.4, -0.2) is 46.8 Å². The number of amides is 2. The number of nitrogens with zero attached hydrogens (tertiary/aromatic N) is 1. The maximum atomic E-state index is 14.0. The summed E-state index contributed by atoms with van der Waals surface area (Å²) in [4.78, 5) is 26.5. The summed E-state index contributed by atoms with van der Waals surface area (Å²) in [5.74, 6) is -2.52. The topological polar surface area (TPSA) is 82.5 Å². The van der Waals surface area contributed by atoms with Crippen LogP contribution in [0.15, 0.2) is 18.2 Å². The van der Waals surface area contributed by atoms with E-state index >= 15 is 0 Å². The minimum absolute atomic E-state index is 0.0541. The van der Waals surface area contributed by atoms with Crippen molar-refractivity contribution >= 4 is 17.7 Å². The summed E-state index contributed by atoms with van der Waals surface area (Å²) >= 11 is 0. The van der Waals surface area contributed by atoms with Crippen LogP contribution in [-0.2, 0) is 9.53 Å².